The summed E-state index contributed by atoms with van der Waals surface area (Å²) < 4.78 is 0.715. The number of aliphatic imine (C=N–C) groups is 1. The fourth-order valence-electron chi connectivity index (χ4n) is 5.03. The standard InChI is InChI=1S/C28H55N2O/c1-4-6-7-8-9-10-11-12-13-14-15-16-17-18-19-20-21-22-23-24-28-29-25-26-30(28,5-2)27(3)31/h21-22,25,27-28,31H,4-20,23-24,26H2,1-3H3/q+1/b22-21+. The molecule has 3 heteroatoms. The lowest BCUT2D eigenvalue weighted by Gasteiger charge is -2.40. The number of unbranched alkanes of at least 4 members (excludes halogenated alkanes) is 15. The van der Waals surface area contributed by atoms with Crippen LogP contribution in [0.3, 0.4) is 0 Å². The normalized spacial score (nSPS) is 22.0. The molecule has 0 bridgehead atoms. The van der Waals surface area contributed by atoms with Gasteiger partial charge in [0.2, 0.25) is 0 Å². The molecule has 0 spiro atoms. The largest absolute Gasteiger partial charge is 0.345 e. The molecule has 3 atom stereocenters. The van der Waals surface area contributed by atoms with Gasteiger partial charge in [-0.05, 0) is 26.2 Å². The first-order valence-corrected chi connectivity index (χ1v) is 13.9. The summed E-state index contributed by atoms with van der Waals surface area (Å²) in [5.74, 6) is 0. The minimum Gasteiger partial charge on any atom is -0.345 e. The van der Waals surface area contributed by atoms with Crippen molar-refractivity contribution in [2.24, 2.45) is 4.99 Å². The van der Waals surface area contributed by atoms with Crippen LogP contribution >= 0.6 is 0 Å². The smallest absolute Gasteiger partial charge is 0.189 e. The van der Waals surface area contributed by atoms with Gasteiger partial charge in [-0.3, -0.25) is 4.48 Å². The van der Waals surface area contributed by atoms with Crippen LogP contribution in [-0.4, -0.2) is 41.3 Å². The molecule has 3 nitrogen and oxygen atoms in total. The predicted molar refractivity (Wildman–Crippen MR) is 138 cm³/mol. The Labute approximate surface area is 195 Å². The van der Waals surface area contributed by atoms with Gasteiger partial charge >= 0.3 is 0 Å². The number of aliphatic hydroxyl groups excluding tert-OH is 1. The molecule has 1 rings (SSSR count). The summed E-state index contributed by atoms with van der Waals surface area (Å²) in [4.78, 5) is 4.65. The quantitative estimate of drug-likeness (QED) is 0.110. The Balaban J connectivity index is 1.86. The topological polar surface area (TPSA) is 32.6 Å². The monoisotopic (exact) mass is 435 g/mol. The molecule has 1 heterocycles. The Bertz CT molecular complexity index is 460. The van der Waals surface area contributed by atoms with E-state index in [1.807, 2.05) is 13.1 Å². The van der Waals surface area contributed by atoms with Gasteiger partial charge in [0.1, 0.15) is 6.54 Å². The van der Waals surface area contributed by atoms with Crippen LogP contribution < -0.4 is 0 Å². The van der Waals surface area contributed by atoms with Crippen molar-refractivity contribution in [1.29, 1.82) is 0 Å². The van der Waals surface area contributed by atoms with E-state index in [1.165, 1.54) is 103 Å². The summed E-state index contributed by atoms with van der Waals surface area (Å²) in [5, 5.41) is 10.2. The van der Waals surface area contributed by atoms with Crippen LogP contribution in [0.25, 0.3) is 0 Å². The molecular formula is C28H55N2O+. The molecule has 0 saturated heterocycles. The van der Waals surface area contributed by atoms with Crippen molar-refractivity contribution in [2.45, 2.75) is 149 Å². The first kappa shape index (κ1) is 28.4. The van der Waals surface area contributed by atoms with E-state index in [0.717, 1.165) is 25.9 Å². The molecule has 0 aromatic rings. The third-order valence-corrected chi connectivity index (χ3v) is 7.36. The number of quaternary nitrogens is 1. The first-order valence-electron chi connectivity index (χ1n) is 13.9. The van der Waals surface area contributed by atoms with E-state index in [0.29, 0.717) is 4.48 Å². The minimum atomic E-state index is -0.332. The Morgan fingerprint density at radius 3 is 1.77 bits per heavy atom. The fraction of sp³-hybridized carbons (Fsp3) is 0.893. The molecule has 1 N–H and O–H groups in total. The second-order valence-electron chi connectivity index (χ2n) is 9.83. The van der Waals surface area contributed by atoms with Crippen LogP contribution in [0.5, 0.6) is 0 Å². The summed E-state index contributed by atoms with van der Waals surface area (Å²) >= 11 is 0. The van der Waals surface area contributed by atoms with Crippen LogP contribution in [0, 0.1) is 0 Å². The molecule has 3 unspecified atom stereocenters. The van der Waals surface area contributed by atoms with E-state index < -0.39 is 0 Å². The third kappa shape index (κ3) is 12.2. The van der Waals surface area contributed by atoms with Gasteiger partial charge < -0.3 is 5.11 Å². The highest BCUT2D eigenvalue weighted by molar-refractivity contribution is 5.60. The van der Waals surface area contributed by atoms with E-state index in [-0.39, 0.29) is 12.4 Å². The zero-order valence-corrected chi connectivity index (χ0v) is 21.4. The van der Waals surface area contributed by atoms with E-state index >= 15 is 0 Å². The predicted octanol–water partition coefficient (Wildman–Crippen LogP) is 8.17. The van der Waals surface area contributed by atoms with Crippen molar-refractivity contribution < 1.29 is 9.59 Å². The van der Waals surface area contributed by atoms with Crippen molar-refractivity contribution in [3.8, 4) is 0 Å². The number of rotatable bonds is 21. The lowest BCUT2D eigenvalue weighted by atomic mass is 10.0. The maximum absolute atomic E-state index is 10.2. The highest BCUT2D eigenvalue weighted by atomic mass is 16.3. The maximum Gasteiger partial charge on any atom is 0.189 e. The van der Waals surface area contributed by atoms with Crippen molar-refractivity contribution >= 4 is 6.21 Å². The van der Waals surface area contributed by atoms with Gasteiger partial charge in [0.25, 0.3) is 0 Å². The molecule has 0 fully saturated rings. The van der Waals surface area contributed by atoms with E-state index in [9.17, 15) is 5.11 Å². The minimum absolute atomic E-state index is 0.237. The van der Waals surface area contributed by atoms with Gasteiger partial charge in [0.05, 0.1) is 12.8 Å². The average Bonchev–Trinajstić information content (AvgIpc) is 3.19. The molecule has 0 aromatic heterocycles. The summed E-state index contributed by atoms with van der Waals surface area (Å²) in [6, 6.07) is 0. The number of hydrogen-bond acceptors (Lipinski definition) is 2. The second kappa shape index (κ2) is 18.9. The van der Waals surface area contributed by atoms with Crippen molar-refractivity contribution in [1.82, 2.24) is 0 Å². The summed E-state index contributed by atoms with van der Waals surface area (Å²) in [5.41, 5.74) is 0. The molecule has 0 aliphatic carbocycles. The van der Waals surface area contributed by atoms with Crippen LogP contribution in [-0.2, 0) is 0 Å². The van der Waals surface area contributed by atoms with Crippen LogP contribution in [0.15, 0.2) is 17.1 Å². The third-order valence-electron chi connectivity index (χ3n) is 7.36. The van der Waals surface area contributed by atoms with E-state index in [1.54, 1.807) is 0 Å². The van der Waals surface area contributed by atoms with E-state index in [2.05, 4.69) is 31.0 Å². The highest BCUT2D eigenvalue weighted by Crippen LogP contribution is 2.26. The Morgan fingerprint density at radius 1 is 0.806 bits per heavy atom. The zero-order valence-electron chi connectivity index (χ0n) is 21.4. The average molecular weight is 436 g/mol. The summed E-state index contributed by atoms with van der Waals surface area (Å²) in [6.45, 7) is 8.20. The molecule has 1 aliphatic rings. The number of aliphatic hydroxyl groups is 1. The molecule has 31 heavy (non-hydrogen) atoms. The fourth-order valence-corrected chi connectivity index (χ4v) is 5.03. The number of hydrogen-bond donors (Lipinski definition) is 1. The first-order chi connectivity index (χ1) is 15.2. The van der Waals surface area contributed by atoms with Gasteiger partial charge in [-0.1, -0.05) is 109 Å². The van der Waals surface area contributed by atoms with Crippen LogP contribution in [0.2, 0.25) is 0 Å². The van der Waals surface area contributed by atoms with Gasteiger partial charge in [-0.25, -0.2) is 4.99 Å². The van der Waals surface area contributed by atoms with Crippen molar-refractivity contribution in [3.63, 3.8) is 0 Å². The van der Waals surface area contributed by atoms with Gasteiger partial charge in [0, 0.05) is 13.3 Å². The summed E-state index contributed by atoms with van der Waals surface area (Å²) in [7, 11) is 0. The molecule has 1 aliphatic heterocycles. The Kier molecular flexibility index (Phi) is 17.3. The van der Waals surface area contributed by atoms with E-state index in [4.69, 9.17) is 0 Å². The lowest BCUT2D eigenvalue weighted by molar-refractivity contribution is -0.976. The van der Waals surface area contributed by atoms with Crippen LogP contribution in [0.4, 0.5) is 0 Å². The lowest BCUT2D eigenvalue weighted by Crippen LogP contribution is -2.57. The molecule has 0 saturated carbocycles. The highest BCUT2D eigenvalue weighted by Gasteiger charge is 2.41. The van der Waals surface area contributed by atoms with Gasteiger partial charge in [-0.2, -0.15) is 0 Å². The molecule has 0 radical (unpaired) electrons. The van der Waals surface area contributed by atoms with Gasteiger partial charge in [0.15, 0.2) is 12.4 Å². The number of allylic oxidation sites excluding steroid dienone is 2. The van der Waals surface area contributed by atoms with Crippen LogP contribution in [0.1, 0.15) is 136 Å². The zero-order chi connectivity index (χ0) is 22.6. The Morgan fingerprint density at radius 2 is 1.29 bits per heavy atom. The summed E-state index contributed by atoms with van der Waals surface area (Å²) in [6.07, 6.45) is 31.4. The Hall–Kier alpha value is -0.670. The molecule has 0 aromatic carbocycles. The van der Waals surface area contributed by atoms with Crippen molar-refractivity contribution in [2.75, 3.05) is 13.1 Å². The van der Waals surface area contributed by atoms with Gasteiger partial charge in [-0.15, -0.1) is 0 Å². The number of nitrogens with zero attached hydrogens (tertiary/aromatic N) is 2. The SMILES string of the molecule is CCCCCCCCCCCCCCCCC/C=C/CCC1N=CC[N+]1(CC)C(C)O. The second-order valence-corrected chi connectivity index (χ2v) is 9.83. The molecule has 0 amide bonds. The molecule has 182 valence electrons. The van der Waals surface area contributed by atoms with Crippen molar-refractivity contribution in [3.05, 3.63) is 12.2 Å². The maximum atomic E-state index is 10.2. The molecular weight excluding hydrogens is 380 g/mol.